The molecule has 4 nitrogen and oxygen atoms in total. The van der Waals surface area contributed by atoms with Crippen LogP contribution in [-0.4, -0.2) is 30.7 Å². The second kappa shape index (κ2) is 6.82. The van der Waals surface area contributed by atoms with Gasteiger partial charge in [0.2, 0.25) is 0 Å². The highest BCUT2D eigenvalue weighted by atomic mass is 16.6. The largest absolute Gasteiger partial charge is 0.391 e. The maximum Gasteiger partial charge on any atom is 0.141 e. The summed E-state index contributed by atoms with van der Waals surface area (Å²) in [5.41, 5.74) is 1.72. The van der Waals surface area contributed by atoms with Crippen LogP contribution in [0, 0.1) is 40.4 Å². The highest BCUT2D eigenvalue weighted by Gasteiger charge is 2.61. The standard InChI is InChI=1S/C24H38N2O2/c1-15-12-18-19-4-5-22(27)24(19,3)10-7-20(18)23(2)9-6-16(13-21(15)23)26-28-17-8-11-25-14-17/h15,17-21,25H,4-14H2,1-3H3/t15?,17-,18+,19+,20-,21?,23-,24+/m1/s1. The highest BCUT2D eigenvalue weighted by Crippen LogP contribution is 2.66. The van der Waals surface area contributed by atoms with E-state index < -0.39 is 0 Å². The second-order valence-electron chi connectivity index (χ2n) is 11.2. The normalized spacial score (nSPS) is 52.2. The third-order valence-electron chi connectivity index (χ3n) is 9.92. The number of carbonyl (C=O) groups excluding carboxylic acids is 1. The van der Waals surface area contributed by atoms with Crippen LogP contribution in [0.5, 0.6) is 0 Å². The Morgan fingerprint density at radius 3 is 2.71 bits per heavy atom. The Labute approximate surface area is 170 Å². The molecule has 2 unspecified atom stereocenters. The van der Waals surface area contributed by atoms with E-state index in [-0.39, 0.29) is 11.5 Å². The van der Waals surface area contributed by atoms with E-state index in [2.05, 4.69) is 31.2 Å². The first-order valence-electron chi connectivity index (χ1n) is 11.9. The topological polar surface area (TPSA) is 50.7 Å². The molecule has 0 aromatic heterocycles. The summed E-state index contributed by atoms with van der Waals surface area (Å²) in [5, 5.41) is 7.99. The lowest BCUT2D eigenvalue weighted by atomic mass is 9.43. The van der Waals surface area contributed by atoms with Crippen molar-refractivity contribution in [3.05, 3.63) is 0 Å². The third kappa shape index (κ3) is 2.80. The van der Waals surface area contributed by atoms with Gasteiger partial charge in [0.05, 0.1) is 5.71 Å². The van der Waals surface area contributed by atoms with Crippen LogP contribution >= 0.6 is 0 Å². The number of hydrogen-bond acceptors (Lipinski definition) is 4. The van der Waals surface area contributed by atoms with Crippen molar-refractivity contribution >= 4 is 11.5 Å². The molecule has 4 saturated carbocycles. The van der Waals surface area contributed by atoms with Crippen molar-refractivity contribution < 1.29 is 9.63 Å². The second-order valence-corrected chi connectivity index (χ2v) is 11.2. The van der Waals surface area contributed by atoms with E-state index in [1.165, 1.54) is 25.0 Å². The maximum absolute atomic E-state index is 12.6. The highest BCUT2D eigenvalue weighted by molar-refractivity contribution is 5.87. The fraction of sp³-hybridized carbons (Fsp3) is 0.917. The summed E-state index contributed by atoms with van der Waals surface area (Å²) in [6, 6.07) is 0. The van der Waals surface area contributed by atoms with Gasteiger partial charge in [0.25, 0.3) is 0 Å². The molecular weight excluding hydrogens is 348 g/mol. The van der Waals surface area contributed by atoms with E-state index in [0.717, 1.165) is 75.3 Å². The number of nitrogens with one attached hydrogen (secondary N) is 1. The zero-order valence-electron chi connectivity index (χ0n) is 18.0. The van der Waals surface area contributed by atoms with Crippen LogP contribution in [0.2, 0.25) is 0 Å². The van der Waals surface area contributed by atoms with E-state index in [4.69, 9.17) is 4.84 Å². The summed E-state index contributed by atoms with van der Waals surface area (Å²) in [6.07, 6.45) is 10.5. The van der Waals surface area contributed by atoms with Gasteiger partial charge in [-0.25, -0.2) is 0 Å². The summed E-state index contributed by atoms with van der Waals surface area (Å²) in [4.78, 5) is 18.5. The molecule has 1 saturated heterocycles. The average Bonchev–Trinajstić information content (AvgIpc) is 3.29. The maximum atomic E-state index is 12.6. The minimum atomic E-state index is -0.00543. The Bertz CT molecular complexity index is 670. The van der Waals surface area contributed by atoms with E-state index in [1.54, 1.807) is 0 Å². The number of ketones is 1. The van der Waals surface area contributed by atoms with Crippen LogP contribution in [0.3, 0.4) is 0 Å². The molecular formula is C24H38N2O2. The molecule has 8 atom stereocenters. The molecule has 5 fully saturated rings. The monoisotopic (exact) mass is 386 g/mol. The van der Waals surface area contributed by atoms with Gasteiger partial charge in [0.1, 0.15) is 11.9 Å². The fourth-order valence-electron chi connectivity index (χ4n) is 8.25. The predicted molar refractivity (Wildman–Crippen MR) is 111 cm³/mol. The lowest BCUT2D eigenvalue weighted by Crippen LogP contribution is -2.56. The van der Waals surface area contributed by atoms with Crippen LogP contribution in [-0.2, 0) is 9.63 Å². The third-order valence-corrected chi connectivity index (χ3v) is 9.92. The Hall–Kier alpha value is -0.900. The molecule has 28 heavy (non-hydrogen) atoms. The van der Waals surface area contributed by atoms with Gasteiger partial charge in [0.15, 0.2) is 0 Å². The van der Waals surface area contributed by atoms with Crippen molar-refractivity contribution in [3.63, 3.8) is 0 Å². The van der Waals surface area contributed by atoms with Gasteiger partial charge in [0, 0.05) is 24.8 Å². The van der Waals surface area contributed by atoms with Crippen LogP contribution in [0.25, 0.3) is 0 Å². The van der Waals surface area contributed by atoms with Crippen LogP contribution in [0.1, 0.15) is 78.6 Å². The van der Waals surface area contributed by atoms with Crippen molar-refractivity contribution in [2.24, 2.45) is 45.6 Å². The summed E-state index contributed by atoms with van der Waals surface area (Å²) in [5.74, 6) is 4.23. The molecule has 1 aliphatic heterocycles. The van der Waals surface area contributed by atoms with Crippen molar-refractivity contribution in [1.82, 2.24) is 5.32 Å². The first-order chi connectivity index (χ1) is 13.4. The number of Topliss-reactive ketones (excluding diaryl/α,β-unsaturated/α-hetero) is 1. The van der Waals surface area contributed by atoms with Crippen LogP contribution in [0.15, 0.2) is 5.16 Å². The first-order valence-corrected chi connectivity index (χ1v) is 11.9. The number of fused-ring (bicyclic) bond motifs is 5. The number of carbonyl (C=O) groups is 1. The Balaban J connectivity index is 1.34. The SMILES string of the molecule is CC1C[C@@H]2[C@@H](CC[C@]3(C)C(=O)CC[C@@H]23)[C@@]2(C)CCC(=NO[C@@H]3CCNC3)CC12. The predicted octanol–water partition coefficient (Wildman–Crippen LogP) is 4.58. The Morgan fingerprint density at radius 2 is 1.93 bits per heavy atom. The minimum absolute atomic E-state index is 0.00543. The molecule has 1 N–H and O–H groups in total. The molecule has 0 bridgehead atoms. The van der Waals surface area contributed by atoms with Crippen molar-refractivity contribution in [2.75, 3.05) is 13.1 Å². The summed E-state index contributed by atoms with van der Waals surface area (Å²) < 4.78 is 0. The first kappa shape index (κ1) is 19.1. The van der Waals surface area contributed by atoms with Gasteiger partial charge in [-0.05, 0) is 86.5 Å². The smallest absolute Gasteiger partial charge is 0.141 e. The van der Waals surface area contributed by atoms with Gasteiger partial charge in [-0.3, -0.25) is 4.79 Å². The summed E-state index contributed by atoms with van der Waals surface area (Å²) in [6.45, 7) is 9.36. The van der Waals surface area contributed by atoms with E-state index >= 15 is 0 Å². The van der Waals surface area contributed by atoms with Gasteiger partial charge >= 0.3 is 0 Å². The zero-order chi connectivity index (χ0) is 19.5. The molecule has 5 aliphatic rings. The van der Waals surface area contributed by atoms with Gasteiger partial charge in [-0.15, -0.1) is 0 Å². The lowest BCUT2D eigenvalue weighted by Gasteiger charge is -2.61. The molecule has 0 amide bonds. The van der Waals surface area contributed by atoms with Gasteiger partial charge in [-0.2, -0.15) is 0 Å². The minimum Gasteiger partial charge on any atom is -0.391 e. The molecule has 0 radical (unpaired) electrons. The van der Waals surface area contributed by atoms with Crippen LogP contribution < -0.4 is 5.32 Å². The number of hydrogen-bond donors (Lipinski definition) is 1. The molecule has 156 valence electrons. The molecule has 4 heteroatoms. The van der Waals surface area contributed by atoms with Gasteiger partial charge in [-0.1, -0.05) is 25.9 Å². The molecule has 0 spiro atoms. The summed E-state index contributed by atoms with van der Waals surface area (Å²) >= 11 is 0. The Morgan fingerprint density at radius 1 is 1.07 bits per heavy atom. The molecule has 5 rings (SSSR count). The van der Waals surface area contributed by atoms with E-state index in [1.807, 2.05) is 0 Å². The molecule has 0 aromatic carbocycles. The Kier molecular flexibility index (Phi) is 4.65. The molecule has 0 aromatic rings. The number of oxime groups is 1. The molecule has 4 aliphatic carbocycles. The zero-order valence-corrected chi connectivity index (χ0v) is 18.0. The number of nitrogens with zero attached hydrogens (tertiary/aromatic N) is 1. The lowest BCUT2D eigenvalue weighted by molar-refractivity contribution is -0.141. The van der Waals surface area contributed by atoms with E-state index in [9.17, 15) is 4.79 Å². The molecule has 1 heterocycles. The van der Waals surface area contributed by atoms with Crippen molar-refractivity contribution in [2.45, 2.75) is 84.7 Å². The summed E-state index contributed by atoms with van der Waals surface area (Å²) in [7, 11) is 0. The quantitative estimate of drug-likeness (QED) is 0.707. The van der Waals surface area contributed by atoms with Crippen molar-refractivity contribution in [1.29, 1.82) is 0 Å². The fourth-order valence-corrected chi connectivity index (χ4v) is 8.25. The van der Waals surface area contributed by atoms with Crippen LogP contribution in [0.4, 0.5) is 0 Å². The van der Waals surface area contributed by atoms with Crippen molar-refractivity contribution in [3.8, 4) is 0 Å². The van der Waals surface area contributed by atoms with E-state index in [0.29, 0.717) is 17.1 Å². The average molecular weight is 387 g/mol. The number of rotatable bonds is 2. The van der Waals surface area contributed by atoms with Gasteiger partial charge < -0.3 is 10.2 Å².